The summed E-state index contributed by atoms with van der Waals surface area (Å²) in [7, 11) is 0. The molecular weight excluding hydrogens is 240 g/mol. The summed E-state index contributed by atoms with van der Waals surface area (Å²) in [6, 6.07) is 0.443. The van der Waals surface area contributed by atoms with Crippen LogP contribution in [-0.4, -0.2) is 35.3 Å². The molecular formula is C14H24N4O. The molecule has 0 bridgehead atoms. The molecule has 0 spiro atoms. The van der Waals surface area contributed by atoms with Gasteiger partial charge in [-0.2, -0.15) is 0 Å². The first kappa shape index (κ1) is 14.1. The van der Waals surface area contributed by atoms with E-state index in [1.54, 1.807) is 6.33 Å². The van der Waals surface area contributed by atoms with Gasteiger partial charge in [-0.1, -0.05) is 6.92 Å². The SMILES string of the molecule is CCNc1ncnc(NC2CCOC(C)C2)c1CC. The Morgan fingerprint density at radius 1 is 1.32 bits per heavy atom. The molecule has 1 saturated heterocycles. The number of nitrogens with one attached hydrogen (secondary N) is 2. The van der Waals surface area contributed by atoms with Crippen molar-refractivity contribution >= 4 is 11.6 Å². The molecule has 2 rings (SSSR count). The number of hydrogen-bond donors (Lipinski definition) is 2. The second kappa shape index (κ2) is 6.70. The monoisotopic (exact) mass is 264 g/mol. The third kappa shape index (κ3) is 3.56. The molecule has 1 aromatic rings. The molecule has 1 aliphatic heterocycles. The van der Waals surface area contributed by atoms with E-state index < -0.39 is 0 Å². The lowest BCUT2D eigenvalue weighted by Crippen LogP contribution is -2.33. The fourth-order valence-corrected chi connectivity index (χ4v) is 2.51. The third-order valence-corrected chi connectivity index (χ3v) is 3.47. The van der Waals surface area contributed by atoms with Gasteiger partial charge in [-0.25, -0.2) is 9.97 Å². The van der Waals surface area contributed by atoms with Crippen molar-refractivity contribution in [2.75, 3.05) is 23.8 Å². The Balaban J connectivity index is 2.12. The minimum atomic E-state index is 0.325. The average Bonchev–Trinajstić information content (AvgIpc) is 2.39. The van der Waals surface area contributed by atoms with E-state index in [9.17, 15) is 0 Å². The smallest absolute Gasteiger partial charge is 0.134 e. The van der Waals surface area contributed by atoms with E-state index in [-0.39, 0.29) is 0 Å². The van der Waals surface area contributed by atoms with Gasteiger partial charge >= 0.3 is 0 Å². The highest BCUT2D eigenvalue weighted by Gasteiger charge is 2.21. The lowest BCUT2D eigenvalue weighted by Gasteiger charge is -2.29. The highest BCUT2D eigenvalue weighted by Crippen LogP contribution is 2.24. The zero-order valence-electron chi connectivity index (χ0n) is 12.1. The van der Waals surface area contributed by atoms with Crippen molar-refractivity contribution in [1.29, 1.82) is 0 Å². The van der Waals surface area contributed by atoms with E-state index in [1.165, 1.54) is 5.56 Å². The van der Waals surface area contributed by atoms with Gasteiger partial charge in [0.25, 0.3) is 0 Å². The first-order chi connectivity index (χ1) is 9.24. The first-order valence-corrected chi connectivity index (χ1v) is 7.20. The minimum Gasteiger partial charge on any atom is -0.378 e. The fourth-order valence-electron chi connectivity index (χ4n) is 2.51. The van der Waals surface area contributed by atoms with Gasteiger partial charge in [-0.3, -0.25) is 0 Å². The molecule has 0 amide bonds. The van der Waals surface area contributed by atoms with Gasteiger partial charge in [0.2, 0.25) is 0 Å². The van der Waals surface area contributed by atoms with Crippen LogP contribution in [0.5, 0.6) is 0 Å². The van der Waals surface area contributed by atoms with Crippen molar-refractivity contribution < 1.29 is 4.74 Å². The third-order valence-electron chi connectivity index (χ3n) is 3.47. The summed E-state index contributed by atoms with van der Waals surface area (Å²) in [5.74, 6) is 1.91. The van der Waals surface area contributed by atoms with Gasteiger partial charge in [0.05, 0.1) is 6.10 Å². The van der Waals surface area contributed by atoms with Crippen molar-refractivity contribution in [2.45, 2.75) is 52.2 Å². The molecule has 0 saturated carbocycles. The van der Waals surface area contributed by atoms with Crippen LogP contribution in [-0.2, 0) is 11.2 Å². The molecule has 2 N–H and O–H groups in total. The maximum Gasteiger partial charge on any atom is 0.134 e. The van der Waals surface area contributed by atoms with E-state index in [0.29, 0.717) is 12.1 Å². The van der Waals surface area contributed by atoms with Crippen molar-refractivity contribution in [3.63, 3.8) is 0 Å². The Bertz CT molecular complexity index is 410. The zero-order chi connectivity index (χ0) is 13.7. The van der Waals surface area contributed by atoms with Crippen LogP contribution in [0, 0.1) is 0 Å². The van der Waals surface area contributed by atoms with Gasteiger partial charge in [0.1, 0.15) is 18.0 Å². The summed E-state index contributed by atoms with van der Waals surface area (Å²) in [5.41, 5.74) is 1.17. The minimum absolute atomic E-state index is 0.325. The summed E-state index contributed by atoms with van der Waals surface area (Å²) in [5, 5.41) is 6.86. The van der Waals surface area contributed by atoms with Crippen LogP contribution < -0.4 is 10.6 Å². The predicted molar refractivity (Wildman–Crippen MR) is 77.6 cm³/mol. The zero-order valence-corrected chi connectivity index (χ0v) is 12.1. The van der Waals surface area contributed by atoms with Crippen LogP contribution in [0.1, 0.15) is 39.2 Å². The van der Waals surface area contributed by atoms with Gasteiger partial charge in [-0.05, 0) is 33.1 Å². The predicted octanol–water partition coefficient (Wildman–Crippen LogP) is 2.45. The highest BCUT2D eigenvalue weighted by molar-refractivity contribution is 5.57. The van der Waals surface area contributed by atoms with E-state index >= 15 is 0 Å². The molecule has 0 aromatic carbocycles. The molecule has 1 aromatic heterocycles. The molecule has 1 fully saturated rings. The van der Waals surface area contributed by atoms with Crippen LogP contribution in [0.4, 0.5) is 11.6 Å². The summed E-state index contributed by atoms with van der Waals surface area (Å²) in [6.07, 6.45) is 4.94. The standard InChI is InChI=1S/C14H24N4O/c1-4-12-13(15-5-2)16-9-17-14(12)18-11-6-7-19-10(3)8-11/h9-11H,4-8H2,1-3H3,(H2,15,16,17,18). The van der Waals surface area contributed by atoms with Crippen LogP contribution in [0.3, 0.4) is 0 Å². The van der Waals surface area contributed by atoms with Crippen molar-refractivity contribution in [2.24, 2.45) is 0 Å². The maximum atomic E-state index is 5.58. The first-order valence-electron chi connectivity index (χ1n) is 7.20. The molecule has 0 radical (unpaired) electrons. The van der Waals surface area contributed by atoms with Crippen LogP contribution in [0.25, 0.3) is 0 Å². The van der Waals surface area contributed by atoms with E-state index in [4.69, 9.17) is 4.74 Å². The normalized spacial score (nSPS) is 23.1. The molecule has 19 heavy (non-hydrogen) atoms. The largest absolute Gasteiger partial charge is 0.378 e. The van der Waals surface area contributed by atoms with Gasteiger partial charge in [0, 0.05) is 24.8 Å². The second-order valence-electron chi connectivity index (χ2n) is 4.98. The topological polar surface area (TPSA) is 59.1 Å². The Kier molecular flexibility index (Phi) is 4.96. The Labute approximate surface area is 115 Å². The van der Waals surface area contributed by atoms with Crippen LogP contribution in [0.2, 0.25) is 0 Å². The van der Waals surface area contributed by atoms with Crippen LogP contribution in [0.15, 0.2) is 6.33 Å². The molecule has 2 heterocycles. The van der Waals surface area contributed by atoms with E-state index in [1.807, 2.05) is 0 Å². The summed E-state index contributed by atoms with van der Waals surface area (Å²) < 4.78 is 5.58. The highest BCUT2D eigenvalue weighted by atomic mass is 16.5. The number of anilines is 2. The average molecular weight is 264 g/mol. The van der Waals surface area contributed by atoms with E-state index in [0.717, 1.165) is 44.0 Å². The quantitative estimate of drug-likeness (QED) is 0.855. The van der Waals surface area contributed by atoms with Gasteiger partial charge in [0.15, 0.2) is 0 Å². The van der Waals surface area contributed by atoms with Crippen molar-refractivity contribution in [1.82, 2.24) is 9.97 Å². The van der Waals surface area contributed by atoms with Crippen LogP contribution >= 0.6 is 0 Å². The Hall–Kier alpha value is -1.36. The van der Waals surface area contributed by atoms with E-state index in [2.05, 4.69) is 41.4 Å². The lowest BCUT2D eigenvalue weighted by atomic mass is 10.0. The fraction of sp³-hybridized carbons (Fsp3) is 0.714. The van der Waals surface area contributed by atoms with Gasteiger partial charge in [-0.15, -0.1) is 0 Å². The molecule has 1 aliphatic rings. The molecule has 0 aliphatic carbocycles. The van der Waals surface area contributed by atoms with Gasteiger partial charge < -0.3 is 15.4 Å². The van der Waals surface area contributed by atoms with Crippen molar-refractivity contribution in [3.8, 4) is 0 Å². The molecule has 106 valence electrons. The van der Waals surface area contributed by atoms with Crippen molar-refractivity contribution in [3.05, 3.63) is 11.9 Å². The number of hydrogen-bond acceptors (Lipinski definition) is 5. The number of ether oxygens (including phenoxy) is 1. The molecule has 2 unspecified atom stereocenters. The lowest BCUT2D eigenvalue weighted by molar-refractivity contribution is 0.0231. The molecule has 2 atom stereocenters. The summed E-state index contributed by atoms with van der Waals surface area (Å²) >= 11 is 0. The number of nitrogens with zero attached hydrogens (tertiary/aromatic N) is 2. The Morgan fingerprint density at radius 2 is 2.11 bits per heavy atom. The Morgan fingerprint density at radius 3 is 2.79 bits per heavy atom. The molecule has 5 heteroatoms. The second-order valence-corrected chi connectivity index (χ2v) is 4.98. The number of rotatable bonds is 5. The maximum absolute atomic E-state index is 5.58. The molecule has 5 nitrogen and oxygen atoms in total. The summed E-state index contributed by atoms with van der Waals surface area (Å²) in [4.78, 5) is 8.73. The summed E-state index contributed by atoms with van der Waals surface area (Å²) in [6.45, 7) is 8.04. The number of aromatic nitrogens is 2.